The highest BCUT2D eigenvalue weighted by atomic mass is 35.5. The molecule has 0 atom stereocenters. The molecule has 0 fully saturated rings. The number of aryl methyl sites for hydroxylation is 1. The van der Waals surface area contributed by atoms with Crippen molar-refractivity contribution in [2.45, 2.75) is 19.8 Å². The van der Waals surface area contributed by atoms with Gasteiger partial charge in [0, 0.05) is 23.6 Å². The highest BCUT2D eigenvalue weighted by molar-refractivity contribution is 6.30. The monoisotopic (exact) mass is 280 g/mol. The molecular weight excluding hydrogens is 264 g/mol. The highest BCUT2D eigenvalue weighted by Gasteiger charge is 2.18. The Morgan fingerprint density at radius 2 is 2.00 bits per heavy atom. The van der Waals surface area contributed by atoms with Crippen LogP contribution < -0.4 is 4.74 Å². The van der Waals surface area contributed by atoms with E-state index in [1.165, 1.54) is 0 Å². The van der Waals surface area contributed by atoms with Gasteiger partial charge in [0.1, 0.15) is 0 Å². The van der Waals surface area contributed by atoms with Crippen LogP contribution >= 0.6 is 11.6 Å². The first kappa shape index (κ1) is 13.9. The van der Waals surface area contributed by atoms with Crippen molar-refractivity contribution in [3.8, 4) is 11.6 Å². The maximum atomic E-state index is 9.17. The molecule has 0 unspecified atom stereocenters. The van der Waals surface area contributed by atoms with Gasteiger partial charge in [0.15, 0.2) is 0 Å². The summed E-state index contributed by atoms with van der Waals surface area (Å²) in [7, 11) is 1.61. The number of aliphatic hydroxyl groups excluding tert-OH is 1. The fourth-order valence-electron chi connectivity index (χ4n) is 2.09. The second kappa shape index (κ2) is 6.08. The van der Waals surface area contributed by atoms with E-state index in [0.29, 0.717) is 17.3 Å². The SMILES string of the molecule is CCc1nn(-c2ccc(Cl)cc2)c(OC)c1CCO. The number of aliphatic hydroxyl groups is 1. The largest absolute Gasteiger partial charge is 0.481 e. The Labute approximate surface area is 117 Å². The van der Waals surface area contributed by atoms with Crippen molar-refractivity contribution >= 4 is 11.6 Å². The Kier molecular flexibility index (Phi) is 4.45. The Morgan fingerprint density at radius 1 is 1.32 bits per heavy atom. The van der Waals surface area contributed by atoms with Crippen LogP contribution in [0.15, 0.2) is 24.3 Å². The number of nitrogens with zero attached hydrogens (tertiary/aromatic N) is 2. The van der Waals surface area contributed by atoms with Crippen molar-refractivity contribution in [1.29, 1.82) is 0 Å². The summed E-state index contributed by atoms with van der Waals surface area (Å²) in [6, 6.07) is 7.41. The minimum atomic E-state index is 0.0790. The zero-order chi connectivity index (χ0) is 13.8. The number of hydrogen-bond acceptors (Lipinski definition) is 3. The van der Waals surface area contributed by atoms with Gasteiger partial charge in [-0.1, -0.05) is 18.5 Å². The Balaban J connectivity index is 2.53. The number of hydrogen-bond donors (Lipinski definition) is 1. The van der Waals surface area contributed by atoms with Gasteiger partial charge in [-0.05, 0) is 30.7 Å². The quantitative estimate of drug-likeness (QED) is 0.916. The topological polar surface area (TPSA) is 47.3 Å². The van der Waals surface area contributed by atoms with E-state index in [0.717, 1.165) is 23.4 Å². The summed E-state index contributed by atoms with van der Waals surface area (Å²) in [4.78, 5) is 0. The van der Waals surface area contributed by atoms with Crippen molar-refractivity contribution in [3.05, 3.63) is 40.5 Å². The molecular formula is C14H17ClN2O2. The van der Waals surface area contributed by atoms with Crippen LogP contribution in [0, 0.1) is 0 Å². The molecule has 2 aromatic rings. The zero-order valence-corrected chi connectivity index (χ0v) is 11.8. The lowest BCUT2D eigenvalue weighted by molar-refractivity contribution is 0.295. The molecule has 1 N–H and O–H groups in total. The number of rotatable bonds is 5. The second-order valence-electron chi connectivity index (χ2n) is 4.15. The molecule has 0 amide bonds. The third-order valence-electron chi connectivity index (χ3n) is 2.98. The second-order valence-corrected chi connectivity index (χ2v) is 4.59. The maximum Gasteiger partial charge on any atom is 0.220 e. The summed E-state index contributed by atoms with van der Waals surface area (Å²) in [5.74, 6) is 0.674. The van der Waals surface area contributed by atoms with Crippen LogP contribution in [0.2, 0.25) is 5.02 Å². The van der Waals surface area contributed by atoms with E-state index in [4.69, 9.17) is 21.4 Å². The number of methoxy groups -OCH3 is 1. The Bertz CT molecular complexity index is 549. The first-order valence-electron chi connectivity index (χ1n) is 6.22. The Hall–Kier alpha value is -1.52. The number of benzene rings is 1. The van der Waals surface area contributed by atoms with Gasteiger partial charge >= 0.3 is 0 Å². The lowest BCUT2D eigenvalue weighted by Gasteiger charge is -2.07. The predicted octanol–water partition coefficient (Wildman–Crippen LogP) is 2.63. The van der Waals surface area contributed by atoms with E-state index in [9.17, 15) is 0 Å². The fraction of sp³-hybridized carbons (Fsp3) is 0.357. The summed E-state index contributed by atoms with van der Waals surface area (Å²) in [5, 5.41) is 14.4. The van der Waals surface area contributed by atoms with Crippen LogP contribution in [0.3, 0.4) is 0 Å². The van der Waals surface area contributed by atoms with E-state index in [2.05, 4.69) is 5.10 Å². The summed E-state index contributed by atoms with van der Waals surface area (Å²) in [5.41, 5.74) is 2.79. The molecule has 4 nitrogen and oxygen atoms in total. The third kappa shape index (κ3) is 2.74. The van der Waals surface area contributed by atoms with Crippen LogP contribution in [-0.2, 0) is 12.8 Å². The molecule has 5 heteroatoms. The molecule has 0 spiro atoms. The minimum absolute atomic E-state index is 0.0790. The van der Waals surface area contributed by atoms with Crippen molar-refractivity contribution in [2.75, 3.05) is 13.7 Å². The summed E-state index contributed by atoms with van der Waals surface area (Å²) < 4.78 is 7.20. The average molecular weight is 281 g/mol. The van der Waals surface area contributed by atoms with Crippen LogP contribution in [0.1, 0.15) is 18.2 Å². The molecule has 0 radical (unpaired) electrons. The highest BCUT2D eigenvalue weighted by Crippen LogP contribution is 2.27. The van der Waals surface area contributed by atoms with Crippen molar-refractivity contribution in [3.63, 3.8) is 0 Å². The van der Waals surface area contributed by atoms with E-state index >= 15 is 0 Å². The molecule has 102 valence electrons. The van der Waals surface area contributed by atoms with E-state index in [1.54, 1.807) is 11.8 Å². The molecule has 19 heavy (non-hydrogen) atoms. The lowest BCUT2D eigenvalue weighted by atomic mass is 10.1. The molecule has 1 aromatic heterocycles. The fourth-order valence-corrected chi connectivity index (χ4v) is 2.22. The molecule has 2 rings (SSSR count). The summed E-state index contributed by atoms with van der Waals surface area (Å²) in [6.45, 7) is 2.12. The molecule has 0 saturated carbocycles. The van der Waals surface area contributed by atoms with E-state index in [-0.39, 0.29) is 6.61 Å². The van der Waals surface area contributed by atoms with E-state index in [1.807, 2.05) is 31.2 Å². The van der Waals surface area contributed by atoms with Gasteiger partial charge in [-0.2, -0.15) is 5.10 Å². The van der Waals surface area contributed by atoms with Crippen molar-refractivity contribution < 1.29 is 9.84 Å². The van der Waals surface area contributed by atoms with Gasteiger partial charge in [0.2, 0.25) is 5.88 Å². The standard InChI is InChI=1S/C14H17ClN2O2/c1-3-13-12(8-9-18)14(19-2)17(16-13)11-6-4-10(15)5-7-11/h4-7,18H,3,8-9H2,1-2H3. The average Bonchev–Trinajstić information content (AvgIpc) is 2.78. The van der Waals surface area contributed by atoms with Crippen molar-refractivity contribution in [2.24, 2.45) is 0 Å². The molecule has 1 aromatic carbocycles. The van der Waals surface area contributed by atoms with Gasteiger partial charge in [-0.15, -0.1) is 0 Å². The van der Waals surface area contributed by atoms with E-state index < -0.39 is 0 Å². The smallest absolute Gasteiger partial charge is 0.220 e. The van der Waals surface area contributed by atoms with Gasteiger partial charge in [-0.3, -0.25) is 0 Å². The molecule has 0 saturated heterocycles. The summed E-state index contributed by atoms with van der Waals surface area (Å²) in [6.07, 6.45) is 1.34. The lowest BCUT2D eigenvalue weighted by Crippen LogP contribution is -2.01. The predicted molar refractivity (Wildman–Crippen MR) is 75.3 cm³/mol. The van der Waals surface area contributed by atoms with Crippen LogP contribution in [-0.4, -0.2) is 28.6 Å². The maximum absolute atomic E-state index is 9.17. The number of halogens is 1. The van der Waals surface area contributed by atoms with Gasteiger partial charge in [0.25, 0.3) is 0 Å². The van der Waals surface area contributed by atoms with Crippen LogP contribution in [0.4, 0.5) is 0 Å². The normalized spacial score (nSPS) is 10.7. The molecule has 0 aliphatic heterocycles. The zero-order valence-electron chi connectivity index (χ0n) is 11.1. The van der Waals surface area contributed by atoms with Gasteiger partial charge in [0.05, 0.1) is 18.5 Å². The Morgan fingerprint density at radius 3 is 2.53 bits per heavy atom. The first-order valence-corrected chi connectivity index (χ1v) is 6.60. The molecule has 0 aliphatic rings. The van der Waals surface area contributed by atoms with Gasteiger partial charge in [-0.25, -0.2) is 4.68 Å². The molecule has 1 heterocycles. The van der Waals surface area contributed by atoms with Crippen molar-refractivity contribution in [1.82, 2.24) is 9.78 Å². The third-order valence-corrected chi connectivity index (χ3v) is 3.23. The molecule has 0 aliphatic carbocycles. The first-order chi connectivity index (χ1) is 9.21. The minimum Gasteiger partial charge on any atom is -0.481 e. The number of ether oxygens (including phenoxy) is 1. The number of aromatic nitrogens is 2. The molecule has 0 bridgehead atoms. The van der Waals surface area contributed by atoms with Crippen LogP contribution in [0.5, 0.6) is 5.88 Å². The summed E-state index contributed by atoms with van der Waals surface area (Å²) >= 11 is 5.89. The van der Waals surface area contributed by atoms with Gasteiger partial charge < -0.3 is 9.84 Å². The van der Waals surface area contributed by atoms with Crippen LogP contribution in [0.25, 0.3) is 5.69 Å².